The van der Waals surface area contributed by atoms with E-state index in [1.165, 1.54) is 28.3 Å². The van der Waals surface area contributed by atoms with Gasteiger partial charge in [-0.25, -0.2) is 14.8 Å². The number of aliphatic carboxylic acids is 1. The first-order valence-electron chi connectivity index (χ1n) is 24.1. The van der Waals surface area contributed by atoms with E-state index in [1.54, 1.807) is 6.07 Å². The summed E-state index contributed by atoms with van der Waals surface area (Å²) in [5.41, 5.74) is 21.4. The molecule has 8 nitrogen and oxygen atoms in total. The van der Waals surface area contributed by atoms with Crippen LogP contribution in [0, 0.1) is 11.3 Å². The number of nitrogens with one attached hydrogen (secondary N) is 2. The molecule has 0 radical (unpaired) electrons. The largest absolute Gasteiger partial charge is 0.477 e. The zero-order chi connectivity index (χ0) is 47.7. The molecule has 6 heterocycles. The number of aromatic amines is 2. The van der Waals surface area contributed by atoms with E-state index in [0.29, 0.717) is 5.56 Å². The van der Waals surface area contributed by atoms with Crippen molar-refractivity contribution >= 4 is 75.5 Å². The number of aromatic nitrogens is 4. The van der Waals surface area contributed by atoms with Crippen LogP contribution in [0.4, 0.5) is 17.1 Å². The molecule has 8 aromatic rings. The molecule has 3 aliphatic heterocycles. The second-order valence-corrected chi connectivity index (χ2v) is 18.1. The third-order valence-corrected chi connectivity index (χ3v) is 13.4. The maximum atomic E-state index is 11.7. The maximum Gasteiger partial charge on any atom is 0.346 e. The Bertz CT molecular complexity index is 3570. The van der Waals surface area contributed by atoms with Crippen LogP contribution in [0.25, 0.3) is 85.8 Å². The number of carboxylic acid groups (broad SMARTS) is 1. The van der Waals surface area contributed by atoms with Crippen LogP contribution in [0.1, 0.15) is 77.3 Å². The van der Waals surface area contributed by atoms with Gasteiger partial charge in [-0.15, -0.1) is 0 Å². The van der Waals surface area contributed by atoms with E-state index < -0.39 is 5.97 Å². The van der Waals surface area contributed by atoms with Crippen molar-refractivity contribution in [1.82, 2.24) is 19.9 Å². The molecule has 0 amide bonds. The molecule has 0 unspecified atom stereocenters. The Morgan fingerprint density at radius 3 is 1.50 bits per heavy atom. The number of aryl methyl sites for hydroxylation is 4. The van der Waals surface area contributed by atoms with Gasteiger partial charge in [0.2, 0.25) is 0 Å². The fourth-order valence-corrected chi connectivity index (χ4v) is 10.2. The van der Waals surface area contributed by atoms with Gasteiger partial charge in [0.25, 0.3) is 0 Å². The monoisotopic (exact) mass is 910 g/mol. The summed E-state index contributed by atoms with van der Waals surface area (Å²) in [6.07, 6.45) is 15.9. The normalized spacial score (nSPS) is 12.9. The van der Waals surface area contributed by atoms with Gasteiger partial charge in [0.15, 0.2) is 0 Å². The van der Waals surface area contributed by atoms with E-state index in [1.807, 2.05) is 36.4 Å². The lowest BCUT2D eigenvalue weighted by molar-refractivity contribution is -0.132. The lowest BCUT2D eigenvalue weighted by atomic mass is 9.99. The first-order valence-corrected chi connectivity index (χ1v) is 24.1. The van der Waals surface area contributed by atoms with Crippen molar-refractivity contribution in [2.75, 3.05) is 4.90 Å². The van der Waals surface area contributed by atoms with Crippen molar-refractivity contribution in [3.8, 4) is 39.4 Å². The number of anilines is 3. The smallest absolute Gasteiger partial charge is 0.346 e. The molecular weight excluding hydrogens is 861 g/mol. The van der Waals surface area contributed by atoms with Crippen LogP contribution in [0.5, 0.6) is 0 Å². The zero-order valence-electron chi connectivity index (χ0n) is 39.1. The van der Waals surface area contributed by atoms with E-state index in [0.717, 1.165) is 134 Å². The minimum Gasteiger partial charge on any atom is -0.477 e. The standard InChI is InChI=1S/C62H50N6O2/c1-3-11-39-19-33-56-45(35-39)23-24-46-36-40(12-4-2)20-34-57(46)68(56)61-54-31-29-52(66-54)58(42-13-7-5-8-14-42)48-25-27-50(64-48)60(44-21-17-41(18-22-44)37-47(38-63)62(69)70)51-28-26-49(65-51)59(43-15-9-6-10-16-43)53-30-32-55(61)67-53/h5-10,13-22,25-37,64,67H,3-4,11-12,23-24H2,1-2H3,(H,69,70)/b47-37-,58-48?,58-52?,59-49?,59-53?,60-50?,60-51?,61-54?,61-55?. The molecule has 70 heavy (non-hydrogen) atoms. The molecule has 0 atom stereocenters. The summed E-state index contributed by atoms with van der Waals surface area (Å²) in [7, 11) is 0. The minimum atomic E-state index is -1.27. The number of nitriles is 1. The molecule has 8 bridgehead atoms. The maximum absolute atomic E-state index is 11.7. The van der Waals surface area contributed by atoms with E-state index in [9.17, 15) is 15.2 Å². The highest BCUT2D eigenvalue weighted by Gasteiger charge is 2.28. The van der Waals surface area contributed by atoms with Gasteiger partial charge < -0.3 is 20.0 Å². The van der Waals surface area contributed by atoms with Gasteiger partial charge in [-0.2, -0.15) is 5.26 Å². The lowest BCUT2D eigenvalue weighted by Crippen LogP contribution is -2.14. The molecule has 0 saturated carbocycles. The SMILES string of the molecule is CCCc1ccc2c(c1)CCc1cc(CCC)ccc1N2c1c2nc(c(-c3ccccc3)c3ccc([nH]3)c(-c3ccc(/C=C(/C#N)C(=O)O)cc3)c3nc(c(-c4ccccc4)c4ccc1[nH]4)C=C3)C=C2. The minimum absolute atomic E-state index is 0.334. The van der Waals surface area contributed by atoms with Gasteiger partial charge in [0.1, 0.15) is 11.6 Å². The average Bonchev–Trinajstić information content (AvgIpc) is 4.23. The molecule has 0 spiro atoms. The van der Waals surface area contributed by atoms with Gasteiger partial charge in [-0.1, -0.05) is 136 Å². The first-order chi connectivity index (χ1) is 34.4. The molecule has 0 saturated heterocycles. The summed E-state index contributed by atoms with van der Waals surface area (Å²) in [6.45, 7) is 4.49. The van der Waals surface area contributed by atoms with E-state index in [-0.39, 0.29) is 5.57 Å². The summed E-state index contributed by atoms with van der Waals surface area (Å²) >= 11 is 0. The summed E-state index contributed by atoms with van der Waals surface area (Å²) in [5, 5.41) is 19.1. The Morgan fingerprint density at radius 2 is 1.03 bits per heavy atom. The van der Waals surface area contributed by atoms with Crippen LogP contribution in [-0.4, -0.2) is 31.0 Å². The van der Waals surface area contributed by atoms with Gasteiger partial charge in [0.05, 0.1) is 34.0 Å². The fourth-order valence-electron chi connectivity index (χ4n) is 10.2. The molecule has 3 aromatic heterocycles. The van der Waals surface area contributed by atoms with Gasteiger partial charge in [0, 0.05) is 44.6 Å². The molecule has 0 fully saturated rings. The van der Waals surface area contributed by atoms with Gasteiger partial charge in [-0.05, 0) is 137 Å². The Balaban J connectivity index is 1.26. The molecule has 3 N–H and O–H groups in total. The number of hydrogen-bond acceptors (Lipinski definition) is 5. The highest BCUT2D eigenvalue weighted by Crippen LogP contribution is 2.47. The molecular formula is C62H50N6O2. The number of fused-ring (bicyclic) bond motifs is 10. The molecule has 8 heteroatoms. The van der Waals surface area contributed by atoms with Crippen LogP contribution in [0.3, 0.4) is 0 Å². The Hall–Kier alpha value is -8.80. The van der Waals surface area contributed by atoms with Crippen molar-refractivity contribution in [3.63, 3.8) is 0 Å². The summed E-state index contributed by atoms with van der Waals surface area (Å²) < 4.78 is 0. The molecule has 5 aromatic carbocycles. The Kier molecular flexibility index (Phi) is 11.7. The molecule has 11 rings (SSSR count). The van der Waals surface area contributed by atoms with E-state index >= 15 is 0 Å². The number of rotatable bonds is 10. The molecule has 3 aliphatic rings. The number of carbonyl (C=O) groups is 1. The van der Waals surface area contributed by atoms with Gasteiger partial charge in [-0.3, -0.25) is 0 Å². The predicted molar refractivity (Wildman–Crippen MR) is 286 cm³/mol. The van der Waals surface area contributed by atoms with Crippen molar-refractivity contribution in [1.29, 1.82) is 5.26 Å². The number of hydrogen-bond donors (Lipinski definition) is 3. The Labute approximate surface area is 407 Å². The van der Waals surface area contributed by atoms with Crippen molar-refractivity contribution in [2.45, 2.75) is 52.4 Å². The van der Waals surface area contributed by atoms with Crippen LogP contribution in [-0.2, 0) is 30.5 Å². The second-order valence-electron chi connectivity index (χ2n) is 18.1. The number of H-pyrrole nitrogens is 2. The molecule has 0 aliphatic carbocycles. The van der Waals surface area contributed by atoms with Crippen molar-refractivity contribution < 1.29 is 9.90 Å². The number of carboxylic acids is 1. The summed E-state index contributed by atoms with van der Waals surface area (Å²) in [4.78, 5) is 33.1. The topological polar surface area (TPSA) is 122 Å². The number of benzene rings is 5. The summed E-state index contributed by atoms with van der Waals surface area (Å²) in [5.74, 6) is -1.27. The van der Waals surface area contributed by atoms with Crippen molar-refractivity contribution in [2.24, 2.45) is 0 Å². The highest BCUT2D eigenvalue weighted by molar-refractivity contribution is 6.02. The van der Waals surface area contributed by atoms with Crippen LogP contribution >= 0.6 is 0 Å². The first kappa shape index (κ1) is 43.8. The average molecular weight is 911 g/mol. The lowest BCUT2D eigenvalue weighted by Gasteiger charge is -2.28. The third-order valence-electron chi connectivity index (χ3n) is 13.4. The highest BCUT2D eigenvalue weighted by atomic mass is 16.4. The van der Waals surface area contributed by atoms with Crippen LogP contribution in [0.15, 0.2) is 151 Å². The summed E-state index contributed by atoms with van der Waals surface area (Å²) in [6, 6.07) is 52.8. The quantitative estimate of drug-likeness (QED) is 0.0928. The van der Waals surface area contributed by atoms with Crippen molar-refractivity contribution in [3.05, 3.63) is 202 Å². The molecule has 340 valence electrons. The zero-order valence-corrected chi connectivity index (χ0v) is 39.1. The van der Waals surface area contributed by atoms with Crippen LogP contribution < -0.4 is 4.90 Å². The second kappa shape index (κ2) is 18.7. The van der Waals surface area contributed by atoms with Gasteiger partial charge >= 0.3 is 5.97 Å². The third kappa shape index (κ3) is 8.22. The number of nitrogens with zero attached hydrogens (tertiary/aromatic N) is 4. The van der Waals surface area contributed by atoms with Crippen LogP contribution in [0.2, 0.25) is 0 Å². The van der Waals surface area contributed by atoms with E-state index in [2.05, 4.69) is 162 Å². The Morgan fingerprint density at radius 1 is 0.586 bits per heavy atom. The van der Waals surface area contributed by atoms with E-state index in [4.69, 9.17) is 9.97 Å². The predicted octanol–water partition coefficient (Wildman–Crippen LogP) is 15.1. The fraction of sp³-hybridized carbons (Fsp3) is 0.129.